The zero-order valence-corrected chi connectivity index (χ0v) is 9.57. The van der Waals surface area contributed by atoms with Crippen molar-refractivity contribution in [2.24, 2.45) is 0 Å². The molecular formula is C9H16Cl2O2. The Hall–Kier alpha value is 0.500. The Labute approximate surface area is 89.5 Å². The van der Waals surface area contributed by atoms with E-state index in [-0.39, 0.29) is 11.5 Å². The lowest BCUT2D eigenvalue weighted by Gasteiger charge is -2.17. The fourth-order valence-electron chi connectivity index (χ4n) is 1.35. The molecular weight excluding hydrogens is 211 g/mol. The second kappa shape index (κ2) is 4.83. The van der Waals surface area contributed by atoms with Crippen LogP contribution in [0.15, 0.2) is 0 Å². The van der Waals surface area contributed by atoms with Gasteiger partial charge in [-0.05, 0) is 26.7 Å². The Balaban J connectivity index is 2.17. The first kappa shape index (κ1) is 11.6. The van der Waals surface area contributed by atoms with Crippen molar-refractivity contribution >= 4 is 23.2 Å². The fourth-order valence-corrected chi connectivity index (χ4v) is 1.63. The molecule has 13 heavy (non-hydrogen) atoms. The molecule has 0 aromatic carbocycles. The number of hydrogen-bond donors (Lipinski definition) is 0. The molecule has 78 valence electrons. The summed E-state index contributed by atoms with van der Waals surface area (Å²) in [6.45, 7) is 4.51. The Bertz CT molecular complexity index is 162. The van der Waals surface area contributed by atoms with Crippen LogP contribution in [0.3, 0.4) is 0 Å². The van der Waals surface area contributed by atoms with Crippen LogP contribution in [-0.2, 0) is 9.47 Å². The number of alkyl halides is 2. The third-order valence-corrected chi connectivity index (χ3v) is 2.94. The van der Waals surface area contributed by atoms with Gasteiger partial charge in [-0.2, -0.15) is 0 Å². The van der Waals surface area contributed by atoms with Crippen LogP contribution in [0.4, 0.5) is 0 Å². The van der Waals surface area contributed by atoms with Gasteiger partial charge in [-0.15, -0.1) is 23.2 Å². The summed E-state index contributed by atoms with van der Waals surface area (Å²) in [6.07, 6.45) is 1.99. The molecule has 1 fully saturated rings. The summed E-state index contributed by atoms with van der Waals surface area (Å²) in [5, 5.41) is 0.0500. The minimum Gasteiger partial charge on any atom is -0.348 e. The monoisotopic (exact) mass is 226 g/mol. The van der Waals surface area contributed by atoms with Crippen LogP contribution in [0.2, 0.25) is 0 Å². The standard InChI is InChI=1S/C9H16Cl2O2/c1-9(2)12-6-8(13-9)4-3-7(11)5-10/h7-8H,3-6H2,1-2H3/t7-,8?/m1/s1. The molecule has 2 atom stereocenters. The van der Waals surface area contributed by atoms with Crippen LogP contribution < -0.4 is 0 Å². The number of rotatable bonds is 4. The normalized spacial score (nSPS) is 29.1. The molecule has 1 rings (SSSR count). The lowest BCUT2D eigenvalue weighted by atomic mass is 10.2. The summed E-state index contributed by atoms with van der Waals surface area (Å²) in [5.41, 5.74) is 0. The van der Waals surface area contributed by atoms with E-state index in [1.54, 1.807) is 0 Å². The Kier molecular flexibility index (Phi) is 4.30. The Morgan fingerprint density at radius 2 is 2.23 bits per heavy atom. The average Bonchev–Trinajstić information content (AvgIpc) is 2.41. The summed E-state index contributed by atoms with van der Waals surface area (Å²) in [7, 11) is 0. The van der Waals surface area contributed by atoms with Crippen molar-refractivity contribution < 1.29 is 9.47 Å². The molecule has 0 amide bonds. The van der Waals surface area contributed by atoms with E-state index >= 15 is 0 Å². The smallest absolute Gasteiger partial charge is 0.163 e. The maximum Gasteiger partial charge on any atom is 0.163 e. The van der Waals surface area contributed by atoms with Gasteiger partial charge in [0.05, 0.1) is 12.7 Å². The highest BCUT2D eigenvalue weighted by Crippen LogP contribution is 2.25. The molecule has 1 heterocycles. The molecule has 0 bridgehead atoms. The lowest BCUT2D eigenvalue weighted by molar-refractivity contribution is -0.139. The summed E-state index contributed by atoms with van der Waals surface area (Å²) < 4.78 is 11.0. The van der Waals surface area contributed by atoms with Gasteiger partial charge in [0.2, 0.25) is 0 Å². The molecule has 1 aliphatic rings. The summed E-state index contributed by atoms with van der Waals surface area (Å²) in [6, 6.07) is 0. The first-order chi connectivity index (χ1) is 6.03. The maximum absolute atomic E-state index is 5.89. The molecule has 0 saturated carbocycles. The second-order valence-corrected chi connectivity index (χ2v) is 4.71. The van der Waals surface area contributed by atoms with Crippen LogP contribution in [0.25, 0.3) is 0 Å². The van der Waals surface area contributed by atoms with E-state index in [2.05, 4.69) is 0 Å². The van der Waals surface area contributed by atoms with Gasteiger partial charge in [-0.3, -0.25) is 0 Å². The van der Waals surface area contributed by atoms with E-state index in [4.69, 9.17) is 32.7 Å². The third kappa shape index (κ3) is 4.03. The van der Waals surface area contributed by atoms with Gasteiger partial charge in [0.1, 0.15) is 0 Å². The van der Waals surface area contributed by atoms with E-state index in [0.29, 0.717) is 12.5 Å². The minimum atomic E-state index is -0.423. The van der Waals surface area contributed by atoms with Crippen LogP contribution in [-0.4, -0.2) is 29.8 Å². The molecule has 1 saturated heterocycles. The molecule has 0 spiro atoms. The SMILES string of the molecule is CC1(C)OCC(CC[C@@H](Cl)CCl)O1. The van der Waals surface area contributed by atoms with Gasteiger partial charge in [0, 0.05) is 11.3 Å². The van der Waals surface area contributed by atoms with Crippen LogP contribution in [0.5, 0.6) is 0 Å². The summed E-state index contributed by atoms with van der Waals surface area (Å²) in [5.74, 6) is 0.0754. The average molecular weight is 227 g/mol. The second-order valence-electron chi connectivity index (χ2n) is 3.78. The molecule has 0 aromatic rings. The van der Waals surface area contributed by atoms with Crippen molar-refractivity contribution in [1.29, 1.82) is 0 Å². The van der Waals surface area contributed by atoms with Gasteiger partial charge in [0.25, 0.3) is 0 Å². The van der Waals surface area contributed by atoms with Gasteiger partial charge in [-0.1, -0.05) is 0 Å². The van der Waals surface area contributed by atoms with Gasteiger partial charge in [0.15, 0.2) is 5.79 Å². The molecule has 1 unspecified atom stereocenters. The van der Waals surface area contributed by atoms with E-state index in [1.807, 2.05) is 13.8 Å². The minimum absolute atomic E-state index is 0.0500. The number of halogens is 2. The van der Waals surface area contributed by atoms with Crippen molar-refractivity contribution in [1.82, 2.24) is 0 Å². The highest BCUT2D eigenvalue weighted by molar-refractivity contribution is 6.28. The highest BCUT2D eigenvalue weighted by Gasteiger charge is 2.32. The van der Waals surface area contributed by atoms with E-state index in [9.17, 15) is 0 Å². The van der Waals surface area contributed by atoms with Crippen LogP contribution >= 0.6 is 23.2 Å². The quantitative estimate of drug-likeness (QED) is 0.687. The molecule has 2 nitrogen and oxygen atoms in total. The van der Waals surface area contributed by atoms with E-state index in [1.165, 1.54) is 0 Å². The third-order valence-electron chi connectivity index (χ3n) is 2.04. The Morgan fingerprint density at radius 1 is 1.54 bits per heavy atom. The first-order valence-electron chi connectivity index (χ1n) is 4.55. The van der Waals surface area contributed by atoms with Crippen molar-refractivity contribution in [2.75, 3.05) is 12.5 Å². The highest BCUT2D eigenvalue weighted by atomic mass is 35.5. The topological polar surface area (TPSA) is 18.5 Å². The first-order valence-corrected chi connectivity index (χ1v) is 5.52. The predicted octanol–water partition coefficient (Wildman–Crippen LogP) is 2.76. The molecule has 0 aromatic heterocycles. The van der Waals surface area contributed by atoms with Gasteiger partial charge in [-0.25, -0.2) is 0 Å². The van der Waals surface area contributed by atoms with Gasteiger partial charge >= 0.3 is 0 Å². The van der Waals surface area contributed by atoms with Crippen LogP contribution in [0, 0.1) is 0 Å². The molecule has 0 radical (unpaired) electrons. The molecule has 0 N–H and O–H groups in total. The van der Waals surface area contributed by atoms with Crippen molar-refractivity contribution in [3.05, 3.63) is 0 Å². The summed E-state index contributed by atoms with van der Waals surface area (Å²) >= 11 is 11.5. The van der Waals surface area contributed by atoms with Crippen molar-refractivity contribution in [3.8, 4) is 0 Å². The largest absolute Gasteiger partial charge is 0.348 e. The van der Waals surface area contributed by atoms with E-state index in [0.717, 1.165) is 12.8 Å². The number of ether oxygens (including phenoxy) is 2. The molecule has 1 aliphatic heterocycles. The maximum atomic E-state index is 5.89. The number of hydrogen-bond acceptors (Lipinski definition) is 2. The predicted molar refractivity (Wildman–Crippen MR) is 54.5 cm³/mol. The van der Waals surface area contributed by atoms with Crippen LogP contribution in [0.1, 0.15) is 26.7 Å². The lowest BCUT2D eigenvalue weighted by Crippen LogP contribution is -2.21. The van der Waals surface area contributed by atoms with Crippen molar-refractivity contribution in [2.45, 2.75) is 44.0 Å². The van der Waals surface area contributed by atoms with Gasteiger partial charge < -0.3 is 9.47 Å². The molecule has 0 aliphatic carbocycles. The fraction of sp³-hybridized carbons (Fsp3) is 1.00. The van der Waals surface area contributed by atoms with Crippen molar-refractivity contribution in [3.63, 3.8) is 0 Å². The zero-order valence-electron chi connectivity index (χ0n) is 8.06. The molecule has 4 heteroatoms. The summed E-state index contributed by atoms with van der Waals surface area (Å²) in [4.78, 5) is 0. The zero-order chi connectivity index (χ0) is 9.90. The Morgan fingerprint density at radius 3 is 2.69 bits per heavy atom. The van der Waals surface area contributed by atoms with E-state index < -0.39 is 5.79 Å².